The number of hydrogen-bond donors (Lipinski definition) is 3. The van der Waals surface area contributed by atoms with Gasteiger partial charge in [0, 0.05) is 25.7 Å². The van der Waals surface area contributed by atoms with Crippen LogP contribution in [-0.4, -0.2) is 96.7 Å². The van der Waals surface area contributed by atoms with Crippen LogP contribution in [0.5, 0.6) is 0 Å². The van der Waals surface area contributed by atoms with Gasteiger partial charge < -0.3 is 33.8 Å². The number of unbranched alkanes of at least 4 members (excludes halogenated alkanes) is 26. The summed E-state index contributed by atoms with van der Waals surface area (Å²) in [6.07, 6.45) is 89.6. The van der Waals surface area contributed by atoms with Crippen LogP contribution in [0.1, 0.15) is 323 Å². The number of aliphatic hydroxyl groups is 1. The van der Waals surface area contributed by atoms with E-state index in [2.05, 4.69) is 174 Å². The highest BCUT2D eigenvalue weighted by molar-refractivity contribution is 7.47. The van der Waals surface area contributed by atoms with Crippen molar-refractivity contribution in [3.63, 3.8) is 0 Å². The van der Waals surface area contributed by atoms with Crippen molar-refractivity contribution < 1.29 is 80.2 Å². The molecule has 3 N–H and O–H groups in total. The van der Waals surface area contributed by atoms with Crippen molar-refractivity contribution in [3.8, 4) is 0 Å². The summed E-state index contributed by atoms with van der Waals surface area (Å²) in [5.41, 5.74) is 0. The summed E-state index contributed by atoms with van der Waals surface area (Å²) in [6, 6.07) is 0. The van der Waals surface area contributed by atoms with Gasteiger partial charge in [-0.3, -0.25) is 37.3 Å². The Balaban J connectivity index is 5.45. The van der Waals surface area contributed by atoms with Crippen molar-refractivity contribution in [3.05, 3.63) is 146 Å². The third kappa shape index (κ3) is 77.1. The largest absolute Gasteiger partial charge is 0.472 e. The molecule has 0 fully saturated rings. The van der Waals surface area contributed by atoms with E-state index < -0.39 is 97.5 Å². The molecule has 0 spiro atoms. The Hall–Kier alpha value is -5.06. The smallest absolute Gasteiger partial charge is 0.462 e. The van der Waals surface area contributed by atoms with Crippen molar-refractivity contribution in [2.24, 2.45) is 0 Å². The van der Waals surface area contributed by atoms with Gasteiger partial charge in [0.05, 0.1) is 26.4 Å². The number of carbonyl (C=O) groups is 4. The van der Waals surface area contributed by atoms with Gasteiger partial charge in [0.2, 0.25) is 0 Å². The predicted molar refractivity (Wildman–Crippen MR) is 436 cm³/mol. The highest BCUT2D eigenvalue weighted by Crippen LogP contribution is 2.45. The highest BCUT2D eigenvalue weighted by atomic mass is 31.2. The van der Waals surface area contributed by atoms with E-state index in [-0.39, 0.29) is 25.7 Å². The third-order valence-electron chi connectivity index (χ3n) is 16.8. The first-order chi connectivity index (χ1) is 51.7. The number of phosphoric acid groups is 2. The van der Waals surface area contributed by atoms with Gasteiger partial charge in [0.25, 0.3) is 0 Å². The second-order valence-electron chi connectivity index (χ2n) is 26.9. The van der Waals surface area contributed by atoms with Crippen molar-refractivity contribution in [2.45, 2.75) is 341 Å². The van der Waals surface area contributed by atoms with E-state index in [9.17, 15) is 43.2 Å². The van der Waals surface area contributed by atoms with E-state index in [0.29, 0.717) is 25.7 Å². The van der Waals surface area contributed by atoms with Crippen molar-refractivity contribution in [2.75, 3.05) is 39.6 Å². The van der Waals surface area contributed by atoms with Crippen LogP contribution in [0.4, 0.5) is 0 Å². The maximum Gasteiger partial charge on any atom is 0.472 e. The summed E-state index contributed by atoms with van der Waals surface area (Å²) in [6.45, 7) is 4.54. The van der Waals surface area contributed by atoms with E-state index in [4.69, 9.17) is 37.0 Å². The Morgan fingerprint density at radius 3 is 0.792 bits per heavy atom. The van der Waals surface area contributed by atoms with E-state index in [1.807, 2.05) is 0 Å². The molecule has 0 rings (SSSR count). The zero-order valence-electron chi connectivity index (χ0n) is 66.3. The average molecular weight is 1530 g/mol. The molecule has 0 aliphatic rings. The van der Waals surface area contributed by atoms with Crippen molar-refractivity contribution in [1.29, 1.82) is 0 Å². The van der Waals surface area contributed by atoms with Gasteiger partial charge in [-0.05, 0) is 167 Å². The molecule has 0 aromatic heterocycles. The molecule has 0 aromatic rings. The molecule has 0 aliphatic heterocycles. The van der Waals surface area contributed by atoms with Crippen molar-refractivity contribution >= 4 is 39.5 Å². The number of esters is 4. The third-order valence-corrected chi connectivity index (χ3v) is 18.7. The number of ether oxygens (including phenoxy) is 4. The van der Waals surface area contributed by atoms with Gasteiger partial charge in [-0.25, -0.2) is 9.13 Å². The molecular weight excluding hydrogens is 1380 g/mol. The molecule has 0 aliphatic carbocycles. The summed E-state index contributed by atoms with van der Waals surface area (Å²) >= 11 is 0. The summed E-state index contributed by atoms with van der Waals surface area (Å²) in [7, 11) is -9.99. The fourth-order valence-electron chi connectivity index (χ4n) is 10.6. The monoisotopic (exact) mass is 1530 g/mol. The molecule has 5 unspecified atom stereocenters. The van der Waals surface area contributed by atoms with Crippen LogP contribution in [0.15, 0.2) is 146 Å². The number of phosphoric ester groups is 2. The minimum Gasteiger partial charge on any atom is -0.462 e. The normalized spacial score (nSPS) is 14.6. The van der Waals surface area contributed by atoms with Gasteiger partial charge in [0.15, 0.2) is 12.2 Å². The molecule has 5 atom stereocenters. The summed E-state index contributed by atoms with van der Waals surface area (Å²) < 4.78 is 68.6. The van der Waals surface area contributed by atoms with Gasteiger partial charge >= 0.3 is 39.5 Å². The van der Waals surface area contributed by atoms with Gasteiger partial charge in [-0.2, -0.15) is 0 Å². The van der Waals surface area contributed by atoms with Crippen LogP contribution in [0.3, 0.4) is 0 Å². The predicted octanol–water partition coefficient (Wildman–Crippen LogP) is 24.2. The molecule has 0 heterocycles. The molecule has 0 bridgehead atoms. The summed E-state index contributed by atoms with van der Waals surface area (Å²) in [4.78, 5) is 73.1. The lowest BCUT2D eigenvalue weighted by Crippen LogP contribution is -2.30. The lowest BCUT2D eigenvalue weighted by atomic mass is 10.1. The zero-order chi connectivity index (χ0) is 77.4. The standard InChI is InChI=1S/C87H146O17P2/c1-5-9-13-17-21-25-29-33-37-39-40-42-45-48-52-56-60-64-68-72-85(90)98-78-83(104-87(92)74-70-66-62-58-54-50-46-41-38-34-30-26-22-18-14-10-6-2)80-102-106(95,96)100-76-81(88)75-99-105(93,94)101-79-82(103-86(91)73-69-65-61-57-53-49-44-36-32-28-24-20-16-12-8-4)77-97-84(89)71-67-63-59-55-51-47-43-35-31-27-23-19-15-11-7-3/h9-10,13-14,21-23,25-27,33-38,40,42-44,46,48,50,52,81-83,88H,5-8,11-12,15-20,24,28-32,39,41,45,47,49,51,53-80H2,1-4H3,(H,93,94)(H,95,96)/b13-9-,14-10-,25-21-,26-22-,27-23-,37-33-,38-34-,42-40-,43-35-,44-36-,50-46-,52-48-. The molecular formula is C87H146O17P2. The van der Waals surface area contributed by atoms with Crippen LogP contribution >= 0.6 is 15.6 Å². The number of aliphatic hydroxyl groups excluding tert-OH is 1. The van der Waals surface area contributed by atoms with E-state index >= 15 is 0 Å². The molecule has 0 aromatic carbocycles. The summed E-state index contributed by atoms with van der Waals surface area (Å²) in [5.74, 6) is -2.26. The van der Waals surface area contributed by atoms with E-state index in [0.717, 1.165) is 186 Å². The number of rotatable bonds is 76. The van der Waals surface area contributed by atoms with Crippen LogP contribution in [0.2, 0.25) is 0 Å². The summed E-state index contributed by atoms with van der Waals surface area (Å²) in [5, 5.41) is 10.7. The molecule has 0 amide bonds. The first-order valence-corrected chi connectivity index (χ1v) is 44.1. The van der Waals surface area contributed by atoms with Gasteiger partial charge in [-0.15, -0.1) is 0 Å². The molecule has 0 saturated carbocycles. The molecule has 0 saturated heterocycles. The lowest BCUT2D eigenvalue weighted by molar-refractivity contribution is -0.161. The molecule has 0 radical (unpaired) electrons. The van der Waals surface area contributed by atoms with Crippen LogP contribution < -0.4 is 0 Å². The number of allylic oxidation sites excluding steroid dienone is 24. The van der Waals surface area contributed by atoms with Crippen LogP contribution in [0, 0.1) is 0 Å². The Morgan fingerprint density at radius 2 is 0.491 bits per heavy atom. The zero-order valence-corrected chi connectivity index (χ0v) is 68.1. The fourth-order valence-corrected chi connectivity index (χ4v) is 12.1. The average Bonchev–Trinajstić information content (AvgIpc) is 0.902. The van der Waals surface area contributed by atoms with Crippen LogP contribution in [0.25, 0.3) is 0 Å². The minimum atomic E-state index is -5.00. The molecule has 606 valence electrons. The Labute approximate surface area is 643 Å². The molecule has 106 heavy (non-hydrogen) atoms. The van der Waals surface area contributed by atoms with Crippen LogP contribution in [-0.2, 0) is 65.4 Å². The van der Waals surface area contributed by atoms with Crippen molar-refractivity contribution in [1.82, 2.24) is 0 Å². The maximum absolute atomic E-state index is 13.1. The number of carbonyl (C=O) groups excluding carboxylic acids is 4. The Morgan fingerprint density at radius 1 is 0.274 bits per heavy atom. The SMILES string of the molecule is CC/C=C\C/C=C\C/C=C\C/C=C\C/C=C\CCCCCC(=O)OCC(COP(=O)(O)OCC(O)COP(=O)(O)OCC(COC(=O)CCCCCCC/C=C\C/C=C\CCCCC)OC(=O)CCCCCCC/C=C\CCCCCCCC)OC(=O)CCCCCC/C=C\C/C=C\C/C=C\C/C=C\CC. The number of hydrogen-bond acceptors (Lipinski definition) is 15. The molecule has 17 nitrogen and oxygen atoms in total. The Bertz CT molecular complexity index is 2580. The van der Waals surface area contributed by atoms with E-state index in [1.54, 1.807) is 0 Å². The lowest BCUT2D eigenvalue weighted by Gasteiger charge is -2.21. The maximum atomic E-state index is 13.1. The van der Waals surface area contributed by atoms with E-state index in [1.165, 1.54) is 57.8 Å². The molecule has 19 heteroatoms. The fraction of sp³-hybridized carbons (Fsp3) is 0.678. The van der Waals surface area contributed by atoms with Gasteiger partial charge in [-0.1, -0.05) is 276 Å². The first-order valence-electron chi connectivity index (χ1n) is 41.1. The second-order valence-corrected chi connectivity index (χ2v) is 29.8. The quantitative estimate of drug-likeness (QED) is 0.0169. The topological polar surface area (TPSA) is 237 Å². The second kappa shape index (κ2) is 78.1. The van der Waals surface area contributed by atoms with Gasteiger partial charge in [0.1, 0.15) is 19.3 Å². The first kappa shape index (κ1) is 101. The Kier molecular flexibility index (Phi) is 74.3. The highest BCUT2D eigenvalue weighted by Gasteiger charge is 2.30. The minimum absolute atomic E-state index is 0.0544.